The van der Waals surface area contributed by atoms with Crippen LogP contribution in [0.4, 0.5) is 0 Å². The number of nitrogens with zero attached hydrogens (tertiary/aromatic N) is 4. The van der Waals surface area contributed by atoms with E-state index in [1.807, 2.05) is 28.8 Å². The molecule has 8 heteroatoms. The molecule has 4 bridgehead atoms. The van der Waals surface area contributed by atoms with Crippen LogP contribution in [0.5, 0.6) is 0 Å². The monoisotopic (exact) mass is 556 g/mol. The molecule has 2 aromatic heterocycles. The third-order valence-electron chi connectivity index (χ3n) is 10.5. The SMILES string of the molecule is COC(=O)Cn1c(-c2nc3ccccc3n(C3C[C@H]4CCC[C@@H](C3)N4C3C[C@H]4CCC[C@@H](C3)C4)c2=O)cccc1=O. The molecule has 4 aliphatic rings. The van der Waals surface area contributed by atoms with Crippen molar-refractivity contribution in [1.82, 2.24) is 19.0 Å². The van der Waals surface area contributed by atoms with Gasteiger partial charge in [-0.3, -0.25) is 23.9 Å². The Morgan fingerprint density at radius 2 is 1.54 bits per heavy atom. The second kappa shape index (κ2) is 10.9. The molecule has 2 saturated heterocycles. The van der Waals surface area contributed by atoms with Gasteiger partial charge in [-0.25, -0.2) is 4.98 Å². The van der Waals surface area contributed by atoms with Crippen LogP contribution >= 0.6 is 0 Å². The number of benzene rings is 1. The maximum atomic E-state index is 14.4. The third-order valence-corrected chi connectivity index (χ3v) is 10.5. The molecule has 41 heavy (non-hydrogen) atoms. The van der Waals surface area contributed by atoms with Crippen LogP contribution in [0.3, 0.4) is 0 Å². The summed E-state index contributed by atoms with van der Waals surface area (Å²) in [4.78, 5) is 47.1. The van der Waals surface area contributed by atoms with Gasteiger partial charge in [0.2, 0.25) is 0 Å². The lowest BCUT2D eigenvalue weighted by molar-refractivity contribution is -0.141. The van der Waals surface area contributed by atoms with Gasteiger partial charge in [0.05, 0.1) is 23.8 Å². The number of fused-ring (bicyclic) bond motifs is 5. The van der Waals surface area contributed by atoms with Crippen LogP contribution in [-0.4, -0.2) is 50.2 Å². The predicted octanol–water partition coefficient (Wildman–Crippen LogP) is 4.93. The summed E-state index contributed by atoms with van der Waals surface area (Å²) in [5, 5.41) is 0. The smallest absolute Gasteiger partial charge is 0.325 e. The summed E-state index contributed by atoms with van der Waals surface area (Å²) >= 11 is 0. The van der Waals surface area contributed by atoms with Gasteiger partial charge in [0.15, 0.2) is 5.69 Å². The Morgan fingerprint density at radius 1 is 0.829 bits per heavy atom. The number of para-hydroxylation sites is 2. The quantitative estimate of drug-likeness (QED) is 0.415. The molecule has 8 nitrogen and oxygen atoms in total. The van der Waals surface area contributed by atoms with Crippen LogP contribution in [0.1, 0.15) is 76.7 Å². The summed E-state index contributed by atoms with van der Waals surface area (Å²) in [7, 11) is 1.29. The standard InChI is InChI=1S/C33H40N4O4/c1-41-31(39)20-35-29(13-6-14-30(35)38)32-33(40)37(28-12-3-2-11-27(28)34-32)26-18-23-9-5-10-24(19-26)36(23)25-16-21-7-4-8-22(15-21)17-25/h2-3,6,11-14,21-26H,4-5,7-10,15-20H2,1H3/t21-,22+,23-,24+,25?,26?. The lowest BCUT2D eigenvalue weighted by Crippen LogP contribution is -2.58. The maximum Gasteiger partial charge on any atom is 0.325 e. The van der Waals surface area contributed by atoms with Crippen molar-refractivity contribution < 1.29 is 9.53 Å². The molecule has 216 valence electrons. The lowest BCUT2D eigenvalue weighted by Gasteiger charge is -2.55. The van der Waals surface area contributed by atoms with Crippen LogP contribution in [0, 0.1) is 11.8 Å². The van der Waals surface area contributed by atoms with Crippen LogP contribution in [0.25, 0.3) is 22.4 Å². The number of carbonyl (C=O) groups excluding carboxylic acids is 1. The van der Waals surface area contributed by atoms with Gasteiger partial charge >= 0.3 is 5.97 Å². The number of ether oxygens (including phenoxy) is 1. The van der Waals surface area contributed by atoms with Crippen molar-refractivity contribution in [1.29, 1.82) is 0 Å². The van der Waals surface area contributed by atoms with Gasteiger partial charge in [0.25, 0.3) is 11.1 Å². The topological polar surface area (TPSA) is 86.4 Å². The molecule has 1 aromatic carbocycles. The van der Waals surface area contributed by atoms with E-state index in [1.54, 1.807) is 12.1 Å². The molecule has 2 aliphatic carbocycles. The molecule has 4 fully saturated rings. The highest BCUT2D eigenvalue weighted by Crippen LogP contribution is 2.47. The lowest BCUT2D eigenvalue weighted by atomic mass is 9.68. The van der Waals surface area contributed by atoms with E-state index in [4.69, 9.17) is 9.72 Å². The number of piperidine rings is 2. The molecular weight excluding hydrogens is 516 g/mol. The molecule has 6 atom stereocenters. The van der Waals surface area contributed by atoms with E-state index in [0.717, 1.165) is 35.7 Å². The minimum Gasteiger partial charge on any atom is -0.468 e. The number of pyridine rings is 1. The number of hydrogen-bond donors (Lipinski definition) is 0. The fourth-order valence-corrected chi connectivity index (χ4v) is 8.90. The molecule has 0 amide bonds. The predicted molar refractivity (Wildman–Crippen MR) is 158 cm³/mol. The molecule has 2 saturated carbocycles. The Bertz CT molecular complexity index is 1550. The number of hydrogen-bond acceptors (Lipinski definition) is 6. The summed E-state index contributed by atoms with van der Waals surface area (Å²) in [5.74, 6) is 1.25. The summed E-state index contributed by atoms with van der Waals surface area (Å²) in [5.41, 5.74) is 1.54. The van der Waals surface area contributed by atoms with Crippen LogP contribution in [0.2, 0.25) is 0 Å². The van der Waals surface area contributed by atoms with E-state index in [1.165, 1.54) is 75.5 Å². The van der Waals surface area contributed by atoms with Gasteiger partial charge in [-0.2, -0.15) is 0 Å². The van der Waals surface area contributed by atoms with Gasteiger partial charge < -0.3 is 9.30 Å². The van der Waals surface area contributed by atoms with E-state index < -0.39 is 5.97 Å². The number of aromatic nitrogens is 3. The number of rotatable bonds is 5. The van der Waals surface area contributed by atoms with Crippen molar-refractivity contribution in [2.75, 3.05) is 7.11 Å². The van der Waals surface area contributed by atoms with E-state index in [9.17, 15) is 14.4 Å². The number of carbonyl (C=O) groups is 1. The summed E-state index contributed by atoms with van der Waals surface area (Å²) in [6.07, 6.45) is 13.9. The number of esters is 1. The fourth-order valence-electron chi connectivity index (χ4n) is 8.90. The van der Waals surface area contributed by atoms with E-state index in [-0.39, 0.29) is 29.4 Å². The Labute approximate surface area is 240 Å². The molecule has 4 heterocycles. The highest BCUT2D eigenvalue weighted by atomic mass is 16.5. The molecule has 0 radical (unpaired) electrons. The zero-order valence-electron chi connectivity index (χ0n) is 23.9. The van der Waals surface area contributed by atoms with Crippen LogP contribution < -0.4 is 11.1 Å². The Hall–Kier alpha value is -3.26. The second-order valence-electron chi connectivity index (χ2n) is 12.9. The third kappa shape index (κ3) is 4.84. The van der Waals surface area contributed by atoms with Crippen molar-refractivity contribution in [3.63, 3.8) is 0 Å². The van der Waals surface area contributed by atoms with E-state index in [2.05, 4.69) is 4.90 Å². The fraction of sp³-hybridized carbons (Fsp3) is 0.576. The zero-order valence-corrected chi connectivity index (χ0v) is 23.9. The molecule has 0 N–H and O–H groups in total. The Morgan fingerprint density at radius 3 is 2.27 bits per heavy atom. The Balaban J connectivity index is 1.28. The van der Waals surface area contributed by atoms with E-state index in [0.29, 0.717) is 23.8 Å². The van der Waals surface area contributed by atoms with Crippen molar-refractivity contribution in [2.45, 2.75) is 101 Å². The van der Waals surface area contributed by atoms with Crippen molar-refractivity contribution in [3.05, 3.63) is 63.2 Å². The highest BCUT2D eigenvalue weighted by Gasteiger charge is 2.45. The van der Waals surface area contributed by atoms with Gasteiger partial charge in [0.1, 0.15) is 6.54 Å². The number of methoxy groups -OCH3 is 1. The van der Waals surface area contributed by atoms with E-state index >= 15 is 0 Å². The summed E-state index contributed by atoms with van der Waals surface area (Å²) < 4.78 is 8.10. The summed E-state index contributed by atoms with van der Waals surface area (Å²) in [6, 6.07) is 14.3. The zero-order chi connectivity index (χ0) is 28.1. The second-order valence-corrected chi connectivity index (χ2v) is 12.9. The molecule has 7 rings (SSSR count). The van der Waals surface area contributed by atoms with Crippen molar-refractivity contribution in [3.8, 4) is 11.4 Å². The van der Waals surface area contributed by atoms with Gasteiger partial charge in [0, 0.05) is 30.2 Å². The minimum absolute atomic E-state index is 0.0632. The van der Waals surface area contributed by atoms with Crippen LogP contribution in [-0.2, 0) is 16.1 Å². The Kier molecular flexibility index (Phi) is 7.05. The van der Waals surface area contributed by atoms with Gasteiger partial charge in [-0.15, -0.1) is 0 Å². The molecule has 0 spiro atoms. The maximum absolute atomic E-state index is 14.4. The first-order chi connectivity index (χ1) is 20.0. The highest BCUT2D eigenvalue weighted by molar-refractivity contribution is 5.78. The average molecular weight is 557 g/mol. The molecular formula is C33H40N4O4. The normalized spacial score (nSPS) is 29.8. The molecule has 3 aromatic rings. The summed E-state index contributed by atoms with van der Waals surface area (Å²) in [6.45, 7) is -0.272. The molecule has 2 unspecified atom stereocenters. The van der Waals surface area contributed by atoms with Gasteiger partial charge in [-0.05, 0) is 75.0 Å². The van der Waals surface area contributed by atoms with Crippen molar-refractivity contribution >= 4 is 17.0 Å². The first-order valence-electron chi connectivity index (χ1n) is 15.6. The minimum atomic E-state index is -0.548. The van der Waals surface area contributed by atoms with Gasteiger partial charge in [-0.1, -0.05) is 43.9 Å². The van der Waals surface area contributed by atoms with Crippen LogP contribution in [0.15, 0.2) is 52.1 Å². The molecule has 2 aliphatic heterocycles. The first kappa shape index (κ1) is 26.6. The largest absolute Gasteiger partial charge is 0.468 e. The first-order valence-corrected chi connectivity index (χ1v) is 15.6. The average Bonchev–Trinajstić information content (AvgIpc) is 2.97. The van der Waals surface area contributed by atoms with Crippen molar-refractivity contribution in [2.24, 2.45) is 11.8 Å².